The number of hydrogen-bond acceptors (Lipinski definition) is 4. The number of ether oxygens (including phenoxy) is 1. The van der Waals surface area contributed by atoms with Gasteiger partial charge in [-0.05, 0) is 27.3 Å². The number of nitrogens with one attached hydrogen (secondary N) is 1. The van der Waals surface area contributed by atoms with Gasteiger partial charge in [-0.15, -0.1) is 0 Å². The summed E-state index contributed by atoms with van der Waals surface area (Å²) in [6.45, 7) is 5.04. The Labute approximate surface area is 85.6 Å². The van der Waals surface area contributed by atoms with Crippen LogP contribution >= 0.6 is 0 Å². The molecule has 1 heterocycles. The molecule has 1 aliphatic rings. The number of esters is 1. The maximum atomic E-state index is 11.2. The summed E-state index contributed by atoms with van der Waals surface area (Å²) < 4.78 is 4.66. The number of nitrogens with zero attached hydrogens (tertiary/aromatic N) is 1. The Balaban J connectivity index is 2.35. The van der Waals surface area contributed by atoms with Gasteiger partial charge in [0, 0.05) is 18.6 Å². The molecule has 1 aliphatic heterocycles. The number of carbonyl (C=O) groups is 1. The number of methoxy groups -OCH3 is 1. The highest BCUT2D eigenvalue weighted by atomic mass is 16.5. The van der Waals surface area contributed by atoms with Gasteiger partial charge in [0.2, 0.25) is 0 Å². The zero-order valence-electron chi connectivity index (χ0n) is 9.41. The third-order valence-electron chi connectivity index (χ3n) is 2.93. The van der Waals surface area contributed by atoms with Crippen LogP contribution in [0.25, 0.3) is 0 Å². The average Bonchev–Trinajstić information content (AvgIpc) is 2.44. The highest BCUT2D eigenvalue weighted by Gasteiger charge is 2.28. The Hall–Kier alpha value is -0.610. The molecule has 1 saturated heterocycles. The number of hydrogen-bond donors (Lipinski definition) is 1. The lowest BCUT2D eigenvalue weighted by atomic mass is 10.1. The lowest BCUT2D eigenvalue weighted by Gasteiger charge is -2.17. The monoisotopic (exact) mass is 200 g/mol. The lowest BCUT2D eigenvalue weighted by Crippen LogP contribution is -2.43. The average molecular weight is 200 g/mol. The van der Waals surface area contributed by atoms with E-state index >= 15 is 0 Å². The molecule has 0 radical (unpaired) electrons. The third kappa shape index (κ3) is 2.69. The highest BCUT2D eigenvalue weighted by Crippen LogP contribution is 2.15. The molecule has 4 nitrogen and oxygen atoms in total. The fourth-order valence-corrected chi connectivity index (χ4v) is 1.91. The Bertz CT molecular complexity index is 198. The molecule has 1 N–H and O–H groups in total. The van der Waals surface area contributed by atoms with Gasteiger partial charge in [0.25, 0.3) is 0 Å². The standard InChI is InChI=1S/C10H20N2O2/c1-7-5-9(6-12(7)3)11-8(2)10(13)14-4/h7-9,11H,5-6H2,1-4H3. The molecule has 0 spiro atoms. The maximum absolute atomic E-state index is 11.2. The molecule has 3 unspecified atom stereocenters. The van der Waals surface area contributed by atoms with Crippen molar-refractivity contribution in [1.29, 1.82) is 0 Å². The van der Waals surface area contributed by atoms with Crippen LogP contribution in [0.4, 0.5) is 0 Å². The predicted octanol–water partition coefficient (Wildman–Crippen LogP) is 0.230. The second-order valence-corrected chi connectivity index (χ2v) is 4.13. The van der Waals surface area contributed by atoms with Crippen LogP contribution in [0.5, 0.6) is 0 Å². The van der Waals surface area contributed by atoms with E-state index in [1.54, 1.807) is 0 Å². The zero-order valence-corrected chi connectivity index (χ0v) is 9.41. The van der Waals surface area contributed by atoms with Gasteiger partial charge in [-0.2, -0.15) is 0 Å². The lowest BCUT2D eigenvalue weighted by molar-refractivity contribution is -0.142. The summed E-state index contributed by atoms with van der Waals surface area (Å²) in [5.74, 6) is -0.188. The normalized spacial score (nSPS) is 30.3. The number of likely N-dealkylation sites (tertiary alicyclic amines) is 1. The Morgan fingerprint density at radius 1 is 1.64 bits per heavy atom. The van der Waals surface area contributed by atoms with Crippen molar-refractivity contribution in [3.63, 3.8) is 0 Å². The zero-order chi connectivity index (χ0) is 10.7. The van der Waals surface area contributed by atoms with Gasteiger partial charge in [-0.25, -0.2) is 0 Å². The molecule has 0 bridgehead atoms. The Morgan fingerprint density at radius 2 is 2.29 bits per heavy atom. The van der Waals surface area contributed by atoms with Gasteiger partial charge in [0.15, 0.2) is 0 Å². The molecule has 4 heteroatoms. The van der Waals surface area contributed by atoms with E-state index in [2.05, 4.69) is 28.9 Å². The van der Waals surface area contributed by atoms with E-state index in [0.717, 1.165) is 13.0 Å². The van der Waals surface area contributed by atoms with E-state index in [0.29, 0.717) is 12.1 Å². The molecule has 1 fully saturated rings. The molecular weight excluding hydrogens is 180 g/mol. The fourth-order valence-electron chi connectivity index (χ4n) is 1.91. The minimum Gasteiger partial charge on any atom is -0.468 e. The Kier molecular flexibility index (Phi) is 3.89. The van der Waals surface area contributed by atoms with Crippen molar-refractivity contribution in [3.8, 4) is 0 Å². The third-order valence-corrected chi connectivity index (χ3v) is 2.93. The second-order valence-electron chi connectivity index (χ2n) is 4.13. The number of rotatable bonds is 3. The van der Waals surface area contributed by atoms with Gasteiger partial charge in [0.1, 0.15) is 6.04 Å². The molecule has 0 aromatic rings. The van der Waals surface area contributed by atoms with Crippen LogP contribution in [-0.2, 0) is 9.53 Å². The predicted molar refractivity (Wildman–Crippen MR) is 55.1 cm³/mol. The summed E-state index contributed by atoms with van der Waals surface area (Å²) in [6.07, 6.45) is 1.10. The number of likely N-dealkylation sites (N-methyl/N-ethyl adjacent to an activating group) is 1. The van der Waals surface area contributed by atoms with Crippen LogP contribution in [0.1, 0.15) is 20.3 Å². The molecule has 0 amide bonds. The highest BCUT2D eigenvalue weighted by molar-refractivity contribution is 5.75. The first-order chi connectivity index (χ1) is 6.54. The van der Waals surface area contributed by atoms with E-state index in [-0.39, 0.29) is 12.0 Å². The van der Waals surface area contributed by atoms with Crippen molar-refractivity contribution in [2.75, 3.05) is 20.7 Å². The van der Waals surface area contributed by atoms with E-state index < -0.39 is 0 Å². The molecule has 0 aromatic carbocycles. The van der Waals surface area contributed by atoms with E-state index in [1.807, 2.05) is 6.92 Å². The van der Waals surface area contributed by atoms with E-state index in [1.165, 1.54) is 7.11 Å². The van der Waals surface area contributed by atoms with Crippen LogP contribution in [0.3, 0.4) is 0 Å². The summed E-state index contributed by atoms with van der Waals surface area (Å²) in [7, 11) is 3.53. The second kappa shape index (κ2) is 4.75. The van der Waals surface area contributed by atoms with Gasteiger partial charge in [0.05, 0.1) is 7.11 Å². The summed E-state index contributed by atoms with van der Waals surface area (Å²) >= 11 is 0. The van der Waals surface area contributed by atoms with Crippen molar-refractivity contribution < 1.29 is 9.53 Å². The maximum Gasteiger partial charge on any atom is 0.322 e. The van der Waals surface area contributed by atoms with Crippen LogP contribution in [-0.4, -0.2) is 49.7 Å². The van der Waals surface area contributed by atoms with Crippen molar-refractivity contribution in [1.82, 2.24) is 10.2 Å². The molecule has 0 aromatic heterocycles. The first kappa shape index (κ1) is 11.5. The van der Waals surface area contributed by atoms with Crippen LogP contribution < -0.4 is 5.32 Å². The summed E-state index contributed by atoms with van der Waals surface area (Å²) in [4.78, 5) is 13.5. The molecule has 1 rings (SSSR count). The molecular formula is C10H20N2O2. The van der Waals surface area contributed by atoms with Crippen molar-refractivity contribution in [3.05, 3.63) is 0 Å². The summed E-state index contributed by atoms with van der Waals surface area (Å²) in [6, 6.07) is 0.796. The molecule has 0 saturated carbocycles. The van der Waals surface area contributed by atoms with Crippen molar-refractivity contribution in [2.24, 2.45) is 0 Å². The van der Waals surface area contributed by atoms with Gasteiger partial charge in [-0.1, -0.05) is 0 Å². The number of carbonyl (C=O) groups excluding carboxylic acids is 1. The van der Waals surface area contributed by atoms with Crippen molar-refractivity contribution in [2.45, 2.75) is 38.4 Å². The summed E-state index contributed by atoms with van der Waals surface area (Å²) in [5.41, 5.74) is 0. The van der Waals surface area contributed by atoms with Crippen LogP contribution in [0, 0.1) is 0 Å². The first-order valence-corrected chi connectivity index (χ1v) is 5.08. The first-order valence-electron chi connectivity index (χ1n) is 5.08. The van der Waals surface area contributed by atoms with Crippen LogP contribution in [0.2, 0.25) is 0 Å². The van der Waals surface area contributed by atoms with Crippen molar-refractivity contribution >= 4 is 5.97 Å². The molecule has 14 heavy (non-hydrogen) atoms. The van der Waals surface area contributed by atoms with Gasteiger partial charge in [-0.3, -0.25) is 4.79 Å². The fraction of sp³-hybridized carbons (Fsp3) is 0.900. The smallest absolute Gasteiger partial charge is 0.322 e. The summed E-state index contributed by atoms with van der Waals surface area (Å²) in [5, 5.41) is 3.27. The topological polar surface area (TPSA) is 41.6 Å². The van der Waals surface area contributed by atoms with Crippen LogP contribution in [0.15, 0.2) is 0 Å². The quantitative estimate of drug-likeness (QED) is 0.662. The minimum atomic E-state index is -0.205. The minimum absolute atomic E-state index is 0.188. The SMILES string of the molecule is COC(=O)C(C)NC1CC(C)N(C)C1. The van der Waals surface area contributed by atoms with E-state index in [4.69, 9.17) is 0 Å². The largest absolute Gasteiger partial charge is 0.468 e. The molecule has 3 atom stereocenters. The Morgan fingerprint density at radius 3 is 2.71 bits per heavy atom. The van der Waals surface area contributed by atoms with E-state index in [9.17, 15) is 4.79 Å². The molecule has 82 valence electrons. The molecule has 0 aliphatic carbocycles. The van der Waals surface area contributed by atoms with Gasteiger partial charge < -0.3 is 15.0 Å². The van der Waals surface area contributed by atoms with Gasteiger partial charge >= 0.3 is 5.97 Å².